The molecule has 0 bridgehead atoms. The quantitative estimate of drug-likeness (QED) is 0.778. The molecule has 1 heterocycles. The lowest BCUT2D eigenvalue weighted by atomic mass is 9.83. The number of sulfone groups is 1. The van der Waals surface area contributed by atoms with Gasteiger partial charge in [0.2, 0.25) is 0 Å². The zero-order valence-electron chi connectivity index (χ0n) is 9.16. The molecular formula is C10H20O3S. The molecule has 0 aliphatic carbocycles. The summed E-state index contributed by atoms with van der Waals surface area (Å²) in [7, 11) is -2.98. The third-order valence-electron chi connectivity index (χ3n) is 3.06. The topological polar surface area (TPSA) is 54.4 Å². The van der Waals surface area contributed by atoms with Gasteiger partial charge in [-0.15, -0.1) is 0 Å². The molecule has 1 aliphatic rings. The van der Waals surface area contributed by atoms with E-state index in [9.17, 15) is 13.5 Å². The van der Waals surface area contributed by atoms with E-state index in [1.807, 2.05) is 6.92 Å². The predicted molar refractivity (Wildman–Crippen MR) is 56.8 cm³/mol. The normalized spacial score (nSPS) is 33.5. The van der Waals surface area contributed by atoms with Crippen molar-refractivity contribution in [1.82, 2.24) is 0 Å². The third kappa shape index (κ3) is 2.70. The van der Waals surface area contributed by atoms with E-state index in [4.69, 9.17) is 0 Å². The Hall–Kier alpha value is -0.0900. The molecule has 2 unspecified atom stereocenters. The second kappa shape index (κ2) is 3.81. The van der Waals surface area contributed by atoms with Crippen LogP contribution in [0.2, 0.25) is 0 Å². The second-order valence-corrected chi connectivity index (χ2v) is 7.16. The Bertz CT molecular complexity index is 294. The molecule has 0 aromatic rings. The van der Waals surface area contributed by atoms with Gasteiger partial charge < -0.3 is 5.11 Å². The summed E-state index contributed by atoms with van der Waals surface area (Å²) in [6.07, 6.45) is 1.29. The molecule has 3 nitrogen and oxygen atoms in total. The molecule has 0 amide bonds. The van der Waals surface area contributed by atoms with Crippen LogP contribution in [0.3, 0.4) is 0 Å². The number of hydrogen-bond acceptors (Lipinski definition) is 3. The summed E-state index contributed by atoms with van der Waals surface area (Å²) in [5, 5.41) is 10.2. The third-order valence-corrected chi connectivity index (χ3v) is 4.82. The Morgan fingerprint density at radius 2 is 1.93 bits per heavy atom. The minimum Gasteiger partial charge on any atom is -0.389 e. The smallest absolute Gasteiger partial charge is 0.153 e. The van der Waals surface area contributed by atoms with Crippen LogP contribution in [0.4, 0.5) is 0 Å². The maximum Gasteiger partial charge on any atom is 0.153 e. The Labute approximate surface area is 86.4 Å². The maximum absolute atomic E-state index is 11.3. The molecule has 1 saturated heterocycles. The first-order valence-corrected chi connectivity index (χ1v) is 7.00. The van der Waals surface area contributed by atoms with Crippen molar-refractivity contribution in [1.29, 1.82) is 0 Å². The molecule has 1 rings (SSSR count). The van der Waals surface area contributed by atoms with E-state index >= 15 is 0 Å². The number of rotatable bonds is 3. The minimum absolute atomic E-state index is 0.0477. The van der Waals surface area contributed by atoms with Crippen LogP contribution in [0.5, 0.6) is 0 Å². The average molecular weight is 220 g/mol. The zero-order chi connectivity index (χ0) is 11.0. The van der Waals surface area contributed by atoms with Gasteiger partial charge in [0.15, 0.2) is 9.84 Å². The van der Waals surface area contributed by atoms with Gasteiger partial charge in [-0.2, -0.15) is 0 Å². The van der Waals surface area contributed by atoms with Crippen molar-refractivity contribution >= 4 is 9.84 Å². The first kappa shape index (κ1) is 12.0. The van der Waals surface area contributed by atoms with Crippen LogP contribution in [0.25, 0.3) is 0 Å². The van der Waals surface area contributed by atoms with Crippen LogP contribution < -0.4 is 0 Å². The lowest BCUT2D eigenvalue weighted by molar-refractivity contribution is 0.00533. The molecule has 0 aromatic heterocycles. The highest BCUT2D eigenvalue weighted by atomic mass is 32.2. The van der Waals surface area contributed by atoms with Gasteiger partial charge in [-0.05, 0) is 24.7 Å². The van der Waals surface area contributed by atoms with E-state index in [2.05, 4.69) is 13.8 Å². The van der Waals surface area contributed by atoms with E-state index in [0.29, 0.717) is 12.3 Å². The summed E-state index contributed by atoms with van der Waals surface area (Å²) in [6.45, 7) is 6.12. The number of aliphatic hydroxyl groups is 1. The Morgan fingerprint density at radius 1 is 1.36 bits per heavy atom. The van der Waals surface area contributed by atoms with Crippen molar-refractivity contribution in [3.63, 3.8) is 0 Å². The molecule has 1 fully saturated rings. The van der Waals surface area contributed by atoms with Gasteiger partial charge >= 0.3 is 0 Å². The minimum atomic E-state index is -2.98. The molecular weight excluding hydrogens is 200 g/mol. The first-order valence-electron chi connectivity index (χ1n) is 5.18. The monoisotopic (exact) mass is 220 g/mol. The van der Waals surface area contributed by atoms with Crippen LogP contribution in [-0.4, -0.2) is 30.6 Å². The molecule has 0 saturated carbocycles. The largest absolute Gasteiger partial charge is 0.389 e. The fourth-order valence-electron chi connectivity index (χ4n) is 2.17. The van der Waals surface area contributed by atoms with Crippen molar-refractivity contribution < 1.29 is 13.5 Å². The van der Waals surface area contributed by atoms with Gasteiger partial charge in [0.1, 0.15) is 0 Å². The highest BCUT2D eigenvalue weighted by Gasteiger charge is 2.44. The summed E-state index contributed by atoms with van der Waals surface area (Å²) in [6, 6.07) is 0. The highest BCUT2D eigenvalue weighted by molar-refractivity contribution is 7.91. The first-order chi connectivity index (χ1) is 6.25. The Balaban J connectivity index is 2.68. The van der Waals surface area contributed by atoms with E-state index in [1.165, 1.54) is 0 Å². The van der Waals surface area contributed by atoms with E-state index in [-0.39, 0.29) is 17.4 Å². The maximum atomic E-state index is 11.3. The molecule has 0 spiro atoms. The molecule has 2 atom stereocenters. The Morgan fingerprint density at radius 3 is 2.29 bits per heavy atom. The summed E-state index contributed by atoms with van der Waals surface area (Å²) in [5.74, 6) is 0.664. The van der Waals surface area contributed by atoms with Crippen molar-refractivity contribution in [2.75, 3.05) is 11.5 Å². The Kier molecular flexibility index (Phi) is 3.26. The van der Waals surface area contributed by atoms with Gasteiger partial charge in [0, 0.05) is 0 Å². The standard InChI is InChI=1S/C10H20O3S/c1-8(2)6-9(3)10(11)4-5-14(12,13)7-10/h8-9,11H,4-7H2,1-3H3. The van der Waals surface area contributed by atoms with E-state index in [0.717, 1.165) is 6.42 Å². The summed E-state index contributed by atoms with van der Waals surface area (Å²) < 4.78 is 22.6. The fourth-order valence-corrected chi connectivity index (χ4v) is 4.17. The number of hydrogen-bond donors (Lipinski definition) is 1. The van der Waals surface area contributed by atoms with Gasteiger partial charge in [0.25, 0.3) is 0 Å². The van der Waals surface area contributed by atoms with E-state index < -0.39 is 15.4 Å². The van der Waals surface area contributed by atoms with Crippen LogP contribution in [0.1, 0.15) is 33.6 Å². The molecule has 84 valence electrons. The SMILES string of the molecule is CC(C)CC(C)C1(O)CCS(=O)(=O)C1. The molecule has 14 heavy (non-hydrogen) atoms. The van der Waals surface area contributed by atoms with Gasteiger partial charge in [-0.3, -0.25) is 0 Å². The summed E-state index contributed by atoms with van der Waals surface area (Å²) in [4.78, 5) is 0. The summed E-state index contributed by atoms with van der Waals surface area (Å²) in [5.41, 5.74) is -0.969. The lowest BCUT2D eigenvalue weighted by Gasteiger charge is -2.29. The van der Waals surface area contributed by atoms with Crippen molar-refractivity contribution in [3.05, 3.63) is 0 Å². The summed E-state index contributed by atoms with van der Waals surface area (Å²) >= 11 is 0. The van der Waals surface area contributed by atoms with Crippen LogP contribution >= 0.6 is 0 Å². The molecule has 1 aliphatic heterocycles. The lowest BCUT2D eigenvalue weighted by Crippen LogP contribution is -2.38. The van der Waals surface area contributed by atoms with Crippen LogP contribution in [0, 0.1) is 11.8 Å². The van der Waals surface area contributed by atoms with E-state index in [1.54, 1.807) is 0 Å². The molecule has 4 heteroatoms. The molecule has 1 N–H and O–H groups in total. The molecule has 0 aromatic carbocycles. The fraction of sp³-hybridized carbons (Fsp3) is 1.00. The zero-order valence-corrected chi connectivity index (χ0v) is 9.97. The second-order valence-electron chi connectivity index (χ2n) is 4.98. The van der Waals surface area contributed by atoms with Crippen LogP contribution in [0.15, 0.2) is 0 Å². The predicted octanol–water partition coefficient (Wildman–Crippen LogP) is 1.22. The highest BCUT2D eigenvalue weighted by Crippen LogP contribution is 2.33. The van der Waals surface area contributed by atoms with Crippen molar-refractivity contribution in [2.24, 2.45) is 11.8 Å². The van der Waals surface area contributed by atoms with Gasteiger partial charge in [-0.1, -0.05) is 20.8 Å². The molecule has 0 radical (unpaired) electrons. The van der Waals surface area contributed by atoms with Crippen LogP contribution in [-0.2, 0) is 9.84 Å². The van der Waals surface area contributed by atoms with Crippen molar-refractivity contribution in [2.45, 2.75) is 39.2 Å². The van der Waals surface area contributed by atoms with Gasteiger partial charge in [-0.25, -0.2) is 8.42 Å². The van der Waals surface area contributed by atoms with Gasteiger partial charge in [0.05, 0.1) is 17.1 Å². The van der Waals surface area contributed by atoms with Crippen molar-refractivity contribution in [3.8, 4) is 0 Å². The average Bonchev–Trinajstić information content (AvgIpc) is 2.25.